The summed E-state index contributed by atoms with van der Waals surface area (Å²) < 4.78 is 18.4. The number of hydrogen-bond donors (Lipinski definition) is 0. The van der Waals surface area contributed by atoms with Crippen LogP contribution in [0.5, 0.6) is 0 Å². The number of ether oxygens (including phenoxy) is 1. The van der Waals surface area contributed by atoms with E-state index in [1.807, 2.05) is 20.8 Å². The van der Waals surface area contributed by atoms with Crippen LogP contribution in [0.1, 0.15) is 45.6 Å². The molecule has 2 nitrogen and oxygen atoms in total. The molecule has 1 fully saturated rings. The van der Waals surface area contributed by atoms with Gasteiger partial charge in [0, 0.05) is 0 Å². The lowest BCUT2D eigenvalue weighted by atomic mass is 9.65. The zero-order valence-corrected chi connectivity index (χ0v) is 11.8. The monoisotopic (exact) mass is 264 g/mol. The predicted molar refractivity (Wildman–Crippen MR) is 72.2 cm³/mol. The van der Waals surface area contributed by atoms with E-state index in [0.717, 1.165) is 24.8 Å². The first-order chi connectivity index (χ1) is 8.81. The molecular formula is C16H21FO2. The molecule has 0 amide bonds. The Bertz CT molecular complexity index is 453. The van der Waals surface area contributed by atoms with E-state index in [9.17, 15) is 9.18 Å². The van der Waals surface area contributed by atoms with Gasteiger partial charge in [-0.3, -0.25) is 4.79 Å². The summed E-state index contributed by atoms with van der Waals surface area (Å²) in [5.41, 5.74) is 0.139. The Morgan fingerprint density at radius 2 is 1.84 bits per heavy atom. The second-order valence-electron chi connectivity index (χ2n) is 6.44. The Kier molecular flexibility index (Phi) is 3.66. The molecule has 1 aromatic rings. The van der Waals surface area contributed by atoms with E-state index in [-0.39, 0.29) is 11.8 Å². The van der Waals surface area contributed by atoms with Crippen LogP contribution in [0.25, 0.3) is 0 Å². The minimum Gasteiger partial charge on any atom is -0.460 e. The lowest BCUT2D eigenvalue weighted by Gasteiger charge is -2.41. The van der Waals surface area contributed by atoms with E-state index in [1.54, 1.807) is 12.1 Å². The molecule has 0 aliphatic heterocycles. The average molecular weight is 264 g/mol. The summed E-state index contributed by atoms with van der Waals surface area (Å²) in [4.78, 5) is 12.3. The molecule has 0 spiro atoms. The minimum absolute atomic E-state index is 0.115. The van der Waals surface area contributed by atoms with E-state index in [2.05, 4.69) is 0 Å². The smallest absolute Gasteiger partial charge is 0.312 e. The van der Waals surface area contributed by atoms with Gasteiger partial charge in [-0.1, -0.05) is 18.6 Å². The van der Waals surface area contributed by atoms with Gasteiger partial charge in [-0.2, -0.15) is 0 Å². The molecular weight excluding hydrogens is 243 g/mol. The van der Waals surface area contributed by atoms with Gasteiger partial charge in [0.2, 0.25) is 0 Å². The SMILES string of the molecule is CC(C)(C)OC(=O)C1(Cc2ccc(F)cc2)CCC1. The molecule has 3 heteroatoms. The van der Waals surface area contributed by atoms with E-state index in [0.29, 0.717) is 6.42 Å². The van der Waals surface area contributed by atoms with Crippen molar-refractivity contribution in [1.82, 2.24) is 0 Å². The van der Waals surface area contributed by atoms with Crippen LogP contribution in [0.2, 0.25) is 0 Å². The maximum Gasteiger partial charge on any atom is 0.312 e. The number of hydrogen-bond acceptors (Lipinski definition) is 2. The van der Waals surface area contributed by atoms with Gasteiger partial charge in [0.1, 0.15) is 11.4 Å². The van der Waals surface area contributed by atoms with Crippen molar-refractivity contribution in [3.8, 4) is 0 Å². The van der Waals surface area contributed by atoms with Gasteiger partial charge in [0.25, 0.3) is 0 Å². The lowest BCUT2D eigenvalue weighted by Crippen LogP contribution is -2.44. The molecule has 2 rings (SSSR count). The molecule has 19 heavy (non-hydrogen) atoms. The van der Waals surface area contributed by atoms with Crippen LogP contribution < -0.4 is 0 Å². The summed E-state index contributed by atoms with van der Waals surface area (Å²) in [6, 6.07) is 6.38. The number of halogens is 1. The second kappa shape index (κ2) is 4.95. The summed E-state index contributed by atoms with van der Waals surface area (Å²) in [5.74, 6) is -0.362. The summed E-state index contributed by atoms with van der Waals surface area (Å²) >= 11 is 0. The van der Waals surface area contributed by atoms with Crippen molar-refractivity contribution >= 4 is 5.97 Å². The molecule has 1 aliphatic carbocycles. The second-order valence-corrected chi connectivity index (χ2v) is 6.44. The maximum absolute atomic E-state index is 12.9. The number of rotatable bonds is 3. The fourth-order valence-corrected chi connectivity index (χ4v) is 2.44. The molecule has 1 saturated carbocycles. The summed E-state index contributed by atoms with van der Waals surface area (Å²) in [6.07, 6.45) is 3.42. The maximum atomic E-state index is 12.9. The fraction of sp³-hybridized carbons (Fsp3) is 0.562. The highest BCUT2D eigenvalue weighted by Crippen LogP contribution is 2.45. The first kappa shape index (κ1) is 14.0. The van der Waals surface area contributed by atoms with E-state index in [4.69, 9.17) is 4.74 Å². The topological polar surface area (TPSA) is 26.3 Å². The Balaban J connectivity index is 2.10. The molecule has 0 bridgehead atoms. The molecule has 1 aliphatic rings. The zero-order chi connectivity index (χ0) is 14.1. The average Bonchev–Trinajstić information content (AvgIpc) is 2.23. The zero-order valence-electron chi connectivity index (χ0n) is 11.8. The Morgan fingerprint density at radius 3 is 2.26 bits per heavy atom. The predicted octanol–water partition coefficient (Wildman–Crippen LogP) is 3.88. The highest BCUT2D eigenvalue weighted by molar-refractivity contribution is 5.78. The quantitative estimate of drug-likeness (QED) is 0.774. The molecule has 0 N–H and O–H groups in total. The van der Waals surface area contributed by atoms with Gasteiger partial charge in [-0.15, -0.1) is 0 Å². The minimum atomic E-state index is -0.456. The Hall–Kier alpha value is -1.38. The van der Waals surface area contributed by atoms with Crippen LogP contribution in [-0.4, -0.2) is 11.6 Å². The lowest BCUT2D eigenvalue weighted by molar-refractivity contribution is -0.173. The van der Waals surface area contributed by atoms with E-state index < -0.39 is 11.0 Å². The number of benzene rings is 1. The van der Waals surface area contributed by atoms with Gasteiger partial charge < -0.3 is 4.74 Å². The van der Waals surface area contributed by atoms with Crippen LogP contribution >= 0.6 is 0 Å². The largest absolute Gasteiger partial charge is 0.460 e. The van der Waals surface area contributed by atoms with Crippen LogP contribution in [0.4, 0.5) is 4.39 Å². The van der Waals surface area contributed by atoms with Gasteiger partial charge in [-0.05, 0) is 57.7 Å². The molecule has 0 atom stereocenters. The van der Waals surface area contributed by atoms with Crippen molar-refractivity contribution in [2.45, 2.75) is 52.1 Å². The van der Waals surface area contributed by atoms with E-state index in [1.165, 1.54) is 12.1 Å². The van der Waals surface area contributed by atoms with Crippen molar-refractivity contribution in [2.75, 3.05) is 0 Å². The third kappa shape index (κ3) is 3.34. The summed E-state index contributed by atoms with van der Waals surface area (Å²) in [7, 11) is 0. The molecule has 1 aromatic carbocycles. The molecule has 0 radical (unpaired) electrons. The summed E-state index contributed by atoms with van der Waals surface area (Å²) in [6.45, 7) is 5.65. The highest BCUT2D eigenvalue weighted by atomic mass is 19.1. The van der Waals surface area contributed by atoms with Crippen molar-refractivity contribution in [3.63, 3.8) is 0 Å². The Morgan fingerprint density at radius 1 is 1.26 bits per heavy atom. The summed E-state index contributed by atoms with van der Waals surface area (Å²) in [5, 5.41) is 0. The van der Waals surface area contributed by atoms with Crippen LogP contribution in [0, 0.1) is 11.2 Å². The standard InChI is InChI=1S/C16H21FO2/c1-15(2,3)19-14(18)16(9-4-10-16)11-12-5-7-13(17)8-6-12/h5-8H,4,9-11H2,1-3H3. The van der Waals surface area contributed by atoms with Crippen molar-refractivity contribution in [2.24, 2.45) is 5.41 Å². The van der Waals surface area contributed by atoms with Crippen LogP contribution in [0.3, 0.4) is 0 Å². The van der Waals surface area contributed by atoms with Crippen LogP contribution in [0.15, 0.2) is 24.3 Å². The third-order valence-corrected chi connectivity index (χ3v) is 3.60. The molecule has 104 valence electrons. The van der Waals surface area contributed by atoms with Crippen molar-refractivity contribution < 1.29 is 13.9 Å². The first-order valence-electron chi connectivity index (χ1n) is 6.79. The van der Waals surface area contributed by atoms with Crippen molar-refractivity contribution in [3.05, 3.63) is 35.6 Å². The van der Waals surface area contributed by atoms with Gasteiger partial charge in [-0.25, -0.2) is 4.39 Å². The molecule has 0 saturated heterocycles. The number of carbonyl (C=O) groups excluding carboxylic acids is 1. The van der Waals surface area contributed by atoms with Gasteiger partial charge in [0.15, 0.2) is 0 Å². The van der Waals surface area contributed by atoms with Gasteiger partial charge >= 0.3 is 5.97 Å². The Labute approximate surface area is 114 Å². The normalized spacial score (nSPS) is 17.7. The van der Waals surface area contributed by atoms with Gasteiger partial charge in [0.05, 0.1) is 5.41 Å². The number of esters is 1. The van der Waals surface area contributed by atoms with E-state index >= 15 is 0 Å². The molecule has 0 heterocycles. The number of carbonyl (C=O) groups is 1. The third-order valence-electron chi connectivity index (χ3n) is 3.60. The first-order valence-corrected chi connectivity index (χ1v) is 6.79. The molecule has 0 aromatic heterocycles. The molecule has 0 unspecified atom stereocenters. The van der Waals surface area contributed by atoms with Crippen LogP contribution in [-0.2, 0) is 16.0 Å². The highest BCUT2D eigenvalue weighted by Gasteiger charge is 2.46. The fourth-order valence-electron chi connectivity index (χ4n) is 2.44. The van der Waals surface area contributed by atoms with Crippen molar-refractivity contribution in [1.29, 1.82) is 0 Å².